The van der Waals surface area contributed by atoms with E-state index in [-0.39, 0.29) is 12.0 Å². The van der Waals surface area contributed by atoms with E-state index in [9.17, 15) is 13.2 Å². The quantitative estimate of drug-likeness (QED) is 0.247. The maximum absolute atomic E-state index is 13.3. The van der Waals surface area contributed by atoms with Gasteiger partial charge in [0.15, 0.2) is 11.6 Å². The number of hydrogen-bond acceptors (Lipinski definition) is 1. The van der Waals surface area contributed by atoms with Gasteiger partial charge in [0.1, 0.15) is 5.82 Å². The molecule has 0 fully saturated rings. The number of nitrogens with zero attached hydrogens (tertiary/aromatic N) is 3. The summed E-state index contributed by atoms with van der Waals surface area (Å²) in [4.78, 5) is 2.61. The Bertz CT molecular complexity index is 467. The van der Waals surface area contributed by atoms with Crippen LogP contribution in [-0.4, -0.2) is 6.04 Å². The molecule has 0 aliphatic carbocycles. The first-order valence-corrected chi connectivity index (χ1v) is 4.87. The summed E-state index contributed by atoms with van der Waals surface area (Å²) in [5.41, 5.74) is 8.28. The van der Waals surface area contributed by atoms with E-state index in [1.807, 2.05) is 0 Å². The molecule has 0 bridgehead atoms. The van der Waals surface area contributed by atoms with Gasteiger partial charge < -0.3 is 0 Å². The van der Waals surface area contributed by atoms with E-state index in [1.165, 1.54) is 6.08 Å². The minimum absolute atomic E-state index is 0.000880. The first-order valence-electron chi connectivity index (χ1n) is 4.87. The van der Waals surface area contributed by atoms with Crippen LogP contribution in [0.5, 0.6) is 0 Å². The second-order valence-corrected chi connectivity index (χ2v) is 3.44. The second kappa shape index (κ2) is 5.96. The molecule has 0 aromatic heterocycles. The van der Waals surface area contributed by atoms with Crippen molar-refractivity contribution in [2.45, 2.75) is 18.9 Å². The summed E-state index contributed by atoms with van der Waals surface area (Å²) < 4.78 is 38.9. The molecule has 90 valence electrons. The third-order valence-corrected chi connectivity index (χ3v) is 2.20. The van der Waals surface area contributed by atoms with Gasteiger partial charge in [-0.1, -0.05) is 11.2 Å². The molecule has 0 radical (unpaired) electrons. The summed E-state index contributed by atoms with van der Waals surface area (Å²) >= 11 is 0. The highest BCUT2D eigenvalue weighted by atomic mass is 19.2. The van der Waals surface area contributed by atoms with E-state index in [0.717, 1.165) is 6.07 Å². The monoisotopic (exact) mass is 241 g/mol. The predicted octanol–water partition coefficient (Wildman–Crippen LogP) is 3.90. The molecule has 1 atom stereocenters. The maximum Gasteiger partial charge on any atom is 0.161 e. The average Bonchev–Trinajstić information content (AvgIpc) is 2.26. The molecule has 0 N–H and O–H groups in total. The maximum atomic E-state index is 13.3. The fourth-order valence-electron chi connectivity index (χ4n) is 1.41. The van der Waals surface area contributed by atoms with Crippen LogP contribution in [0.25, 0.3) is 10.4 Å². The van der Waals surface area contributed by atoms with Crippen molar-refractivity contribution in [3.63, 3.8) is 0 Å². The molecule has 0 unspecified atom stereocenters. The van der Waals surface area contributed by atoms with Crippen molar-refractivity contribution in [3.8, 4) is 0 Å². The van der Waals surface area contributed by atoms with Crippen LogP contribution in [0, 0.1) is 17.5 Å². The Kier molecular flexibility index (Phi) is 4.60. The van der Waals surface area contributed by atoms with Gasteiger partial charge in [0.2, 0.25) is 0 Å². The molecule has 0 aliphatic heterocycles. The van der Waals surface area contributed by atoms with Crippen molar-refractivity contribution in [2.24, 2.45) is 5.11 Å². The second-order valence-electron chi connectivity index (χ2n) is 3.44. The molecule has 6 heteroatoms. The molecular formula is C11H10F3N3. The minimum atomic E-state index is -1.24. The lowest BCUT2D eigenvalue weighted by Gasteiger charge is -2.09. The van der Waals surface area contributed by atoms with Crippen LogP contribution >= 0.6 is 0 Å². The van der Waals surface area contributed by atoms with Crippen molar-refractivity contribution in [2.75, 3.05) is 0 Å². The fourth-order valence-corrected chi connectivity index (χ4v) is 1.41. The van der Waals surface area contributed by atoms with Crippen molar-refractivity contribution in [1.29, 1.82) is 0 Å². The van der Waals surface area contributed by atoms with Crippen LogP contribution in [-0.2, 0) is 6.42 Å². The highest BCUT2D eigenvalue weighted by molar-refractivity contribution is 5.21. The zero-order valence-corrected chi connectivity index (χ0v) is 8.91. The molecule has 1 rings (SSSR count). The topological polar surface area (TPSA) is 48.8 Å². The Morgan fingerprint density at radius 2 is 1.94 bits per heavy atom. The summed E-state index contributed by atoms with van der Waals surface area (Å²) in [6.45, 7) is 3.47. The van der Waals surface area contributed by atoms with Gasteiger partial charge in [0.25, 0.3) is 0 Å². The highest BCUT2D eigenvalue weighted by Gasteiger charge is 2.13. The lowest BCUT2D eigenvalue weighted by atomic mass is 10.0. The van der Waals surface area contributed by atoms with Gasteiger partial charge in [-0.05, 0) is 30.0 Å². The standard InChI is InChI=1S/C11H10F3N3/c1-2-3-8(16-17-15)4-7-5-10(13)11(14)6-9(7)12/h2,5-6,8H,1,3-4H2/t8-/m0/s1. The zero-order valence-electron chi connectivity index (χ0n) is 8.91. The van der Waals surface area contributed by atoms with Gasteiger partial charge in [0, 0.05) is 17.0 Å². The van der Waals surface area contributed by atoms with E-state index < -0.39 is 23.5 Å². The lowest BCUT2D eigenvalue weighted by Crippen LogP contribution is -2.09. The Labute approximate surface area is 96.2 Å². The van der Waals surface area contributed by atoms with Crippen molar-refractivity contribution in [3.05, 3.63) is 58.2 Å². The molecule has 0 heterocycles. The summed E-state index contributed by atoms with van der Waals surface area (Å²) in [6.07, 6.45) is 1.85. The summed E-state index contributed by atoms with van der Waals surface area (Å²) in [5, 5.41) is 3.43. The Balaban J connectivity index is 2.96. The number of azide groups is 1. The largest absolute Gasteiger partial charge is 0.207 e. The molecule has 3 nitrogen and oxygen atoms in total. The smallest absolute Gasteiger partial charge is 0.161 e. The lowest BCUT2D eigenvalue weighted by molar-refractivity contribution is 0.487. The first-order chi connectivity index (χ1) is 8.08. The van der Waals surface area contributed by atoms with Gasteiger partial charge in [0.05, 0.1) is 0 Å². The number of rotatable bonds is 5. The van der Waals surface area contributed by atoms with Crippen LogP contribution in [0.2, 0.25) is 0 Å². The number of hydrogen-bond donors (Lipinski definition) is 0. The van der Waals surface area contributed by atoms with Crippen LogP contribution in [0.4, 0.5) is 13.2 Å². The normalized spacial score (nSPS) is 11.7. The van der Waals surface area contributed by atoms with Crippen LogP contribution in [0.1, 0.15) is 12.0 Å². The molecule has 0 saturated heterocycles. The zero-order chi connectivity index (χ0) is 12.8. The number of halogens is 3. The molecule has 0 amide bonds. The van der Waals surface area contributed by atoms with Crippen molar-refractivity contribution >= 4 is 0 Å². The molecule has 0 aliphatic rings. The Morgan fingerprint density at radius 3 is 2.53 bits per heavy atom. The van der Waals surface area contributed by atoms with E-state index in [1.54, 1.807) is 0 Å². The molecule has 17 heavy (non-hydrogen) atoms. The van der Waals surface area contributed by atoms with Gasteiger partial charge in [-0.2, -0.15) is 0 Å². The number of benzene rings is 1. The highest BCUT2D eigenvalue weighted by Crippen LogP contribution is 2.17. The Morgan fingerprint density at radius 1 is 1.29 bits per heavy atom. The summed E-state index contributed by atoms with van der Waals surface area (Å²) in [7, 11) is 0. The van der Waals surface area contributed by atoms with Gasteiger partial charge in [-0.3, -0.25) is 0 Å². The van der Waals surface area contributed by atoms with E-state index in [4.69, 9.17) is 5.53 Å². The minimum Gasteiger partial charge on any atom is -0.207 e. The third kappa shape index (κ3) is 3.53. The SMILES string of the molecule is C=CC[C@@H](Cc1cc(F)c(F)cc1F)N=[N+]=[N-]. The molecule has 0 spiro atoms. The van der Waals surface area contributed by atoms with Gasteiger partial charge in [-0.15, -0.1) is 6.58 Å². The van der Waals surface area contributed by atoms with E-state index in [0.29, 0.717) is 12.5 Å². The van der Waals surface area contributed by atoms with Gasteiger partial charge in [-0.25, -0.2) is 13.2 Å². The van der Waals surface area contributed by atoms with Crippen LogP contribution < -0.4 is 0 Å². The molecule has 1 aromatic rings. The van der Waals surface area contributed by atoms with Crippen molar-refractivity contribution in [1.82, 2.24) is 0 Å². The van der Waals surface area contributed by atoms with E-state index >= 15 is 0 Å². The average molecular weight is 241 g/mol. The van der Waals surface area contributed by atoms with Crippen LogP contribution in [0.3, 0.4) is 0 Å². The predicted molar refractivity (Wildman–Crippen MR) is 57.8 cm³/mol. The first kappa shape index (κ1) is 13.1. The van der Waals surface area contributed by atoms with E-state index in [2.05, 4.69) is 16.6 Å². The Hall–Kier alpha value is -1.94. The van der Waals surface area contributed by atoms with Gasteiger partial charge >= 0.3 is 0 Å². The van der Waals surface area contributed by atoms with Crippen LogP contribution in [0.15, 0.2) is 29.9 Å². The van der Waals surface area contributed by atoms with Crippen molar-refractivity contribution < 1.29 is 13.2 Å². The summed E-state index contributed by atoms with van der Waals surface area (Å²) in [5.74, 6) is -3.22. The molecular weight excluding hydrogens is 231 g/mol. The summed E-state index contributed by atoms with van der Waals surface area (Å²) in [6, 6.07) is 0.691. The third-order valence-electron chi connectivity index (χ3n) is 2.20. The molecule has 1 aromatic carbocycles. The molecule has 0 saturated carbocycles. The fraction of sp³-hybridized carbons (Fsp3) is 0.273.